The molecule has 0 aliphatic rings. The molecule has 2 heteroatoms. The Morgan fingerprint density at radius 1 is 1.13 bits per heavy atom. The predicted molar refractivity (Wildman–Crippen MR) is 102 cm³/mol. The zero-order valence-electron chi connectivity index (χ0n) is 15.3. The minimum Gasteiger partial charge on any atom is -0.339 e. The first-order valence-corrected chi connectivity index (χ1v) is 8.43. The van der Waals surface area contributed by atoms with Crippen LogP contribution in [-0.4, -0.2) is 23.9 Å². The van der Waals surface area contributed by atoms with Crippen LogP contribution in [0, 0.1) is 0 Å². The van der Waals surface area contributed by atoms with E-state index in [-0.39, 0.29) is 11.8 Å². The van der Waals surface area contributed by atoms with Gasteiger partial charge in [-0.3, -0.25) is 4.79 Å². The van der Waals surface area contributed by atoms with Crippen molar-refractivity contribution in [3.63, 3.8) is 0 Å². The van der Waals surface area contributed by atoms with E-state index in [4.69, 9.17) is 0 Å². The molecule has 0 fully saturated rings. The smallest absolute Gasteiger partial charge is 0.253 e. The average Bonchev–Trinajstić information content (AvgIpc) is 2.62. The molecule has 1 rings (SSSR count). The van der Waals surface area contributed by atoms with E-state index < -0.39 is 0 Å². The second-order valence-electron chi connectivity index (χ2n) is 4.93. The summed E-state index contributed by atoms with van der Waals surface area (Å²) in [5, 5.41) is 0. The molecule has 0 saturated carbocycles. The van der Waals surface area contributed by atoms with Crippen molar-refractivity contribution in [3.8, 4) is 0 Å². The van der Waals surface area contributed by atoms with Crippen LogP contribution in [0.5, 0.6) is 0 Å². The number of carbonyl (C=O) groups excluding carboxylic acids is 1. The quantitative estimate of drug-likeness (QED) is 0.600. The molecule has 23 heavy (non-hydrogen) atoms. The molecule has 0 N–H and O–H groups in total. The monoisotopic (exact) mass is 313 g/mol. The highest BCUT2D eigenvalue weighted by atomic mass is 16.2. The molecule has 1 aromatic rings. The summed E-state index contributed by atoms with van der Waals surface area (Å²) in [4.78, 5) is 14.1. The van der Waals surface area contributed by atoms with Crippen LogP contribution in [-0.2, 0) is 0 Å². The van der Waals surface area contributed by atoms with Crippen molar-refractivity contribution in [2.45, 2.75) is 40.5 Å². The Hall–Kier alpha value is -2.09. The molecule has 0 aromatic heterocycles. The fourth-order valence-corrected chi connectivity index (χ4v) is 2.33. The molecule has 0 radical (unpaired) electrons. The lowest BCUT2D eigenvalue weighted by Crippen LogP contribution is -2.30. The zero-order valence-corrected chi connectivity index (χ0v) is 15.3. The number of hydrogen-bond donors (Lipinski definition) is 0. The van der Waals surface area contributed by atoms with Gasteiger partial charge in [0.15, 0.2) is 0 Å². The molecular weight excluding hydrogens is 282 g/mol. The van der Waals surface area contributed by atoms with Crippen molar-refractivity contribution in [1.82, 2.24) is 4.90 Å². The molecule has 0 aliphatic heterocycles. The van der Waals surface area contributed by atoms with Crippen molar-refractivity contribution in [1.29, 1.82) is 0 Å². The lowest BCUT2D eigenvalue weighted by atomic mass is 9.92. The summed E-state index contributed by atoms with van der Waals surface area (Å²) in [6.07, 6.45) is 5.58. The van der Waals surface area contributed by atoms with E-state index in [1.54, 1.807) is 6.08 Å². The maximum absolute atomic E-state index is 12.3. The van der Waals surface area contributed by atoms with E-state index in [2.05, 4.69) is 20.1 Å². The van der Waals surface area contributed by atoms with E-state index >= 15 is 0 Å². The van der Waals surface area contributed by atoms with Gasteiger partial charge in [-0.05, 0) is 37.1 Å². The van der Waals surface area contributed by atoms with Crippen LogP contribution in [0.25, 0.3) is 0 Å². The van der Waals surface area contributed by atoms with Gasteiger partial charge in [0.2, 0.25) is 0 Å². The van der Waals surface area contributed by atoms with Crippen molar-refractivity contribution in [3.05, 3.63) is 72.4 Å². The molecule has 126 valence electrons. The summed E-state index contributed by atoms with van der Waals surface area (Å²) in [6.45, 7) is 19.1. The van der Waals surface area contributed by atoms with Crippen molar-refractivity contribution >= 4 is 5.91 Å². The number of hydrogen-bond acceptors (Lipinski definition) is 1. The SMILES string of the molecule is C=C/C=C(\C=C)C(C)c1ccc(C(=O)N(CC)CC)cc1.CC. The van der Waals surface area contributed by atoms with Crippen LogP contribution in [0.4, 0.5) is 0 Å². The Bertz CT molecular complexity index is 521. The molecule has 1 atom stereocenters. The second-order valence-corrected chi connectivity index (χ2v) is 4.93. The topological polar surface area (TPSA) is 20.3 Å². The molecule has 0 saturated heterocycles. The summed E-state index contributed by atoms with van der Waals surface area (Å²) in [6, 6.07) is 7.84. The minimum absolute atomic E-state index is 0.0878. The summed E-state index contributed by atoms with van der Waals surface area (Å²) in [5.74, 6) is 0.322. The number of benzene rings is 1. The zero-order chi connectivity index (χ0) is 17.8. The van der Waals surface area contributed by atoms with Gasteiger partial charge in [0, 0.05) is 24.6 Å². The van der Waals surface area contributed by atoms with Crippen molar-refractivity contribution < 1.29 is 4.79 Å². The fourth-order valence-electron chi connectivity index (χ4n) is 2.33. The summed E-state index contributed by atoms with van der Waals surface area (Å²) >= 11 is 0. The third kappa shape index (κ3) is 5.90. The molecule has 0 bridgehead atoms. The Morgan fingerprint density at radius 3 is 2.04 bits per heavy atom. The van der Waals surface area contributed by atoms with Crippen LogP contribution in [0.1, 0.15) is 56.5 Å². The van der Waals surface area contributed by atoms with Crippen molar-refractivity contribution in [2.75, 3.05) is 13.1 Å². The van der Waals surface area contributed by atoms with Gasteiger partial charge in [-0.15, -0.1) is 0 Å². The number of carbonyl (C=O) groups is 1. The molecule has 1 unspecified atom stereocenters. The second kappa shape index (κ2) is 11.5. The van der Waals surface area contributed by atoms with Crippen LogP contribution in [0.2, 0.25) is 0 Å². The van der Waals surface area contributed by atoms with E-state index in [9.17, 15) is 4.79 Å². The van der Waals surface area contributed by atoms with E-state index in [0.717, 1.165) is 24.2 Å². The van der Waals surface area contributed by atoms with Gasteiger partial charge in [-0.2, -0.15) is 0 Å². The highest BCUT2D eigenvalue weighted by Crippen LogP contribution is 2.25. The van der Waals surface area contributed by atoms with Crippen molar-refractivity contribution in [2.24, 2.45) is 0 Å². The van der Waals surface area contributed by atoms with E-state index in [1.807, 2.05) is 69.0 Å². The van der Waals surface area contributed by atoms with Gasteiger partial charge in [-0.25, -0.2) is 0 Å². The maximum atomic E-state index is 12.3. The van der Waals surface area contributed by atoms with Gasteiger partial charge in [0.25, 0.3) is 5.91 Å². The average molecular weight is 313 g/mol. The summed E-state index contributed by atoms with van der Waals surface area (Å²) in [7, 11) is 0. The third-order valence-corrected chi connectivity index (χ3v) is 3.75. The molecular formula is C21H31NO. The van der Waals surface area contributed by atoms with Gasteiger partial charge in [0.05, 0.1) is 0 Å². The molecule has 0 spiro atoms. The molecule has 0 aliphatic carbocycles. The standard InChI is InChI=1S/C19H25NO.C2H6/c1-6-10-16(7-2)15(5)17-11-13-18(14-12-17)19(21)20(8-3)9-4;1-2/h6-7,10-15H,1-2,8-9H2,3-5H3;1-2H3/b16-10+;. The lowest BCUT2D eigenvalue weighted by molar-refractivity contribution is 0.0773. The maximum Gasteiger partial charge on any atom is 0.253 e. The van der Waals surface area contributed by atoms with Crippen LogP contribution in [0.3, 0.4) is 0 Å². The third-order valence-electron chi connectivity index (χ3n) is 3.75. The lowest BCUT2D eigenvalue weighted by Gasteiger charge is -2.19. The number of nitrogens with zero attached hydrogens (tertiary/aromatic N) is 1. The first-order chi connectivity index (χ1) is 11.1. The Balaban J connectivity index is 0.00000232. The van der Waals surface area contributed by atoms with E-state index in [0.29, 0.717) is 0 Å². The largest absolute Gasteiger partial charge is 0.339 e. The number of rotatable bonds is 7. The summed E-state index contributed by atoms with van der Waals surface area (Å²) < 4.78 is 0. The Morgan fingerprint density at radius 2 is 1.65 bits per heavy atom. The van der Waals surface area contributed by atoms with E-state index in [1.165, 1.54) is 5.56 Å². The highest BCUT2D eigenvalue weighted by Gasteiger charge is 2.13. The molecule has 0 heterocycles. The van der Waals surface area contributed by atoms with Crippen LogP contribution >= 0.6 is 0 Å². The van der Waals surface area contributed by atoms with Crippen LogP contribution < -0.4 is 0 Å². The highest BCUT2D eigenvalue weighted by molar-refractivity contribution is 5.94. The fraction of sp³-hybridized carbons (Fsp3) is 0.381. The first kappa shape index (κ1) is 20.9. The number of amides is 1. The van der Waals surface area contributed by atoms with Gasteiger partial charge in [-0.1, -0.05) is 64.3 Å². The predicted octanol–water partition coefficient (Wildman–Crippen LogP) is 5.60. The molecule has 1 aromatic carbocycles. The summed E-state index contributed by atoms with van der Waals surface area (Å²) in [5.41, 5.74) is 3.02. The molecule has 1 amide bonds. The van der Waals surface area contributed by atoms with Gasteiger partial charge >= 0.3 is 0 Å². The molecule has 2 nitrogen and oxygen atoms in total. The Labute approximate surface area is 142 Å². The van der Waals surface area contributed by atoms with Gasteiger partial charge in [0.1, 0.15) is 0 Å². The Kier molecular flexibility index (Phi) is 10.4. The minimum atomic E-state index is 0.0878. The van der Waals surface area contributed by atoms with Gasteiger partial charge < -0.3 is 4.90 Å². The normalized spacial score (nSPS) is 11.8. The number of allylic oxidation sites excluding steroid dienone is 4. The van der Waals surface area contributed by atoms with Crippen LogP contribution in [0.15, 0.2) is 61.2 Å². The first-order valence-electron chi connectivity index (χ1n) is 8.43.